The molecule has 0 aliphatic heterocycles. The van der Waals surface area contributed by atoms with Gasteiger partial charge in [-0.1, -0.05) is 382 Å². The SMILES string of the molecule is CC/C=C\C/C=C\C/C=C\C/C=C\C/C=C\C/C=C\C/C=C\C/C=C\CCCCCCCCCCCCCCCCC(=O)OC(COC(=O)CCCCCCCCCCCCCCCCCCCCC/C=C\C/C=C\C/C=C\C/C=C\C/C=C\C/C=C\C/C=C\CC)COP(=O)(O)OCC[N+](C)(C)C. The zero-order valence-corrected chi connectivity index (χ0v) is 68.6. The third-order valence-corrected chi connectivity index (χ3v) is 18.9. The quantitative estimate of drug-likeness (QED) is 0.0211. The van der Waals surface area contributed by atoms with Crippen LogP contribution in [0, 0.1) is 0 Å². The Morgan fingerprint density at radius 3 is 0.769 bits per heavy atom. The molecule has 0 bridgehead atoms. The summed E-state index contributed by atoms with van der Waals surface area (Å²) in [5, 5.41) is 0. The van der Waals surface area contributed by atoms with E-state index in [1.54, 1.807) is 0 Å². The molecule has 0 aliphatic carbocycles. The summed E-state index contributed by atoms with van der Waals surface area (Å²) < 4.78 is 34.9. The van der Waals surface area contributed by atoms with Gasteiger partial charge in [0.15, 0.2) is 6.10 Å². The number of hydrogen-bond donors (Lipinski definition) is 1. The van der Waals surface area contributed by atoms with Crippen molar-refractivity contribution in [1.82, 2.24) is 0 Å². The van der Waals surface area contributed by atoms with E-state index in [1.165, 1.54) is 180 Å². The van der Waals surface area contributed by atoms with Crippen molar-refractivity contribution in [2.24, 2.45) is 0 Å². The number of phosphoric acid groups is 1. The Hall–Kier alpha value is -4.89. The molecule has 104 heavy (non-hydrogen) atoms. The van der Waals surface area contributed by atoms with E-state index in [-0.39, 0.29) is 32.0 Å². The molecule has 0 aromatic heterocycles. The average Bonchev–Trinajstić information content (AvgIpc) is 0.915. The van der Waals surface area contributed by atoms with Crippen molar-refractivity contribution in [1.29, 1.82) is 0 Å². The van der Waals surface area contributed by atoms with Gasteiger partial charge < -0.3 is 18.9 Å². The van der Waals surface area contributed by atoms with Crippen LogP contribution in [0.5, 0.6) is 0 Å². The van der Waals surface area contributed by atoms with E-state index < -0.39 is 26.5 Å². The summed E-state index contributed by atoms with van der Waals surface area (Å²) in [6.07, 6.45) is 126. The Kier molecular flexibility index (Phi) is 78.3. The maximum absolute atomic E-state index is 12.9. The van der Waals surface area contributed by atoms with Gasteiger partial charge in [0.1, 0.15) is 19.8 Å². The number of rotatable bonds is 77. The lowest BCUT2D eigenvalue weighted by Gasteiger charge is -2.24. The molecule has 2 unspecified atom stereocenters. The molecule has 0 amide bonds. The Morgan fingerprint density at radius 1 is 0.298 bits per heavy atom. The molecule has 0 heterocycles. The molecule has 0 rings (SSSR count). The minimum absolute atomic E-state index is 0.0265. The van der Waals surface area contributed by atoms with Crippen LogP contribution in [0.4, 0.5) is 0 Å². The molecule has 592 valence electrons. The Labute approximate surface area is 641 Å². The van der Waals surface area contributed by atoms with Gasteiger partial charge in [0, 0.05) is 12.8 Å². The van der Waals surface area contributed by atoms with Crippen molar-refractivity contribution in [2.45, 2.75) is 354 Å². The van der Waals surface area contributed by atoms with Gasteiger partial charge in [-0.05, 0) is 135 Å². The molecule has 0 aromatic rings. The first-order valence-corrected chi connectivity index (χ1v) is 44.0. The molecule has 0 fully saturated rings. The Balaban J connectivity index is 3.97. The summed E-state index contributed by atoms with van der Waals surface area (Å²) in [6.45, 7) is 4.22. The van der Waals surface area contributed by atoms with Crippen molar-refractivity contribution in [3.05, 3.63) is 182 Å². The van der Waals surface area contributed by atoms with Crippen molar-refractivity contribution >= 4 is 19.8 Å². The molecule has 0 saturated carbocycles. The van der Waals surface area contributed by atoms with Crippen LogP contribution in [-0.4, -0.2) is 74.9 Å². The van der Waals surface area contributed by atoms with Crippen LogP contribution < -0.4 is 0 Å². The second kappa shape index (κ2) is 82.2. The number of ether oxygens (including phenoxy) is 2. The molecule has 0 aromatic carbocycles. The minimum Gasteiger partial charge on any atom is -0.462 e. The number of esters is 2. The van der Waals surface area contributed by atoms with Crippen molar-refractivity contribution in [3.8, 4) is 0 Å². The smallest absolute Gasteiger partial charge is 0.462 e. The van der Waals surface area contributed by atoms with E-state index in [0.717, 1.165) is 135 Å². The van der Waals surface area contributed by atoms with Gasteiger partial charge in [0.2, 0.25) is 0 Å². The third-order valence-electron chi connectivity index (χ3n) is 17.9. The van der Waals surface area contributed by atoms with E-state index in [9.17, 15) is 19.0 Å². The molecule has 2 atom stereocenters. The monoisotopic (exact) mass is 1460 g/mol. The van der Waals surface area contributed by atoms with Gasteiger partial charge in [-0.2, -0.15) is 0 Å². The predicted octanol–water partition coefficient (Wildman–Crippen LogP) is 28.9. The van der Waals surface area contributed by atoms with Crippen LogP contribution >= 0.6 is 7.82 Å². The van der Waals surface area contributed by atoms with Gasteiger partial charge in [0.25, 0.3) is 0 Å². The van der Waals surface area contributed by atoms with Gasteiger partial charge >= 0.3 is 19.8 Å². The standard InChI is InChI=1S/C94H158NO8P/c1-6-8-10-12-14-16-18-20-22-24-26-28-30-32-34-36-38-40-42-44-46-47-49-50-52-54-56-58-60-62-64-66-68-70-72-74-76-78-80-82-84-86-93(96)100-90-92(91-102-104(98,99)101-89-88-95(3,4)5)103-94(97)87-85-83-81-79-77-75-73-71-69-67-65-63-61-59-57-55-53-51-48-45-43-41-39-37-35-33-31-29-27-25-23-21-19-17-15-13-11-9-7-2/h8-11,14-17,20-23,26-29,32-35,38-41,44-46,48,53,55,92H,6-7,12-13,18-19,24-25,30-31,36-37,42-43,47,49-52,54,56-91H2,1-5H3/p+1/b10-8-,11-9-,16-14-,17-15-,22-20-,23-21-,28-26-,29-27-,34-32-,35-33-,40-38-,41-39-,46-44-,48-45-,55-53-. The molecule has 0 saturated heterocycles. The molecule has 10 heteroatoms. The molecule has 0 radical (unpaired) electrons. The fourth-order valence-electron chi connectivity index (χ4n) is 11.5. The maximum atomic E-state index is 12.9. The lowest BCUT2D eigenvalue weighted by atomic mass is 10.0. The number of phosphoric ester groups is 1. The molecular formula is C94H159NO8P+. The van der Waals surface area contributed by atoms with Crippen LogP contribution in [0.3, 0.4) is 0 Å². The topological polar surface area (TPSA) is 108 Å². The summed E-state index contributed by atoms with van der Waals surface area (Å²) >= 11 is 0. The highest BCUT2D eigenvalue weighted by molar-refractivity contribution is 7.47. The van der Waals surface area contributed by atoms with Crippen molar-refractivity contribution < 1.29 is 42.1 Å². The number of carbonyl (C=O) groups is 2. The minimum atomic E-state index is -4.41. The highest BCUT2D eigenvalue weighted by Crippen LogP contribution is 2.43. The lowest BCUT2D eigenvalue weighted by molar-refractivity contribution is -0.870. The summed E-state index contributed by atoms with van der Waals surface area (Å²) in [7, 11) is 1.47. The summed E-state index contributed by atoms with van der Waals surface area (Å²) in [6, 6.07) is 0. The molecule has 9 nitrogen and oxygen atoms in total. The fourth-order valence-corrected chi connectivity index (χ4v) is 12.3. The molecule has 0 aliphatic rings. The Morgan fingerprint density at radius 2 is 0.519 bits per heavy atom. The van der Waals surface area contributed by atoms with Crippen LogP contribution in [0.25, 0.3) is 0 Å². The van der Waals surface area contributed by atoms with Gasteiger partial charge in [-0.25, -0.2) is 4.57 Å². The maximum Gasteiger partial charge on any atom is 0.472 e. The van der Waals surface area contributed by atoms with Gasteiger partial charge in [-0.3, -0.25) is 18.6 Å². The van der Waals surface area contributed by atoms with E-state index >= 15 is 0 Å². The van der Waals surface area contributed by atoms with Crippen LogP contribution in [0.15, 0.2) is 182 Å². The number of nitrogens with zero attached hydrogens (tertiary/aromatic N) is 1. The normalized spacial score (nSPS) is 13.9. The van der Waals surface area contributed by atoms with Crippen LogP contribution in [-0.2, 0) is 32.7 Å². The zero-order valence-electron chi connectivity index (χ0n) is 67.7. The highest BCUT2D eigenvalue weighted by Gasteiger charge is 2.27. The summed E-state index contributed by atoms with van der Waals surface area (Å²) in [5.74, 6) is -0.793. The predicted molar refractivity (Wildman–Crippen MR) is 454 cm³/mol. The number of likely N-dealkylation sites (N-methyl/N-ethyl adjacent to an activating group) is 1. The third kappa shape index (κ3) is 86.0. The van der Waals surface area contributed by atoms with E-state index in [0.29, 0.717) is 17.4 Å². The van der Waals surface area contributed by atoms with E-state index in [1.807, 2.05) is 21.1 Å². The molecule has 0 spiro atoms. The second-order valence-electron chi connectivity index (χ2n) is 29.1. The number of quaternary nitrogens is 1. The van der Waals surface area contributed by atoms with E-state index in [4.69, 9.17) is 18.5 Å². The van der Waals surface area contributed by atoms with Crippen molar-refractivity contribution in [3.63, 3.8) is 0 Å². The van der Waals surface area contributed by atoms with Crippen LogP contribution in [0.2, 0.25) is 0 Å². The first-order chi connectivity index (χ1) is 51.0. The molecule has 1 N–H and O–H groups in total. The van der Waals surface area contributed by atoms with Gasteiger partial charge in [0.05, 0.1) is 27.7 Å². The number of carbonyl (C=O) groups excluding carboxylic acids is 2. The van der Waals surface area contributed by atoms with Gasteiger partial charge in [-0.15, -0.1) is 0 Å². The first kappa shape index (κ1) is 99.1. The van der Waals surface area contributed by atoms with Crippen LogP contribution in [0.1, 0.15) is 348 Å². The largest absolute Gasteiger partial charge is 0.472 e. The number of hydrogen-bond acceptors (Lipinski definition) is 7. The highest BCUT2D eigenvalue weighted by atomic mass is 31.2. The summed E-state index contributed by atoms with van der Waals surface area (Å²) in [5.41, 5.74) is 0. The molecular weight excluding hydrogens is 1300 g/mol. The lowest BCUT2D eigenvalue weighted by Crippen LogP contribution is -2.37. The second-order valence-corrected chi connectivity index (χ2v) is 30.6. The number of unbranched alkanes of at least 4 members (excludes halogenated alkanes) is 33. The zero-order chi connectivity index (χ0) is 75.4. The Bertz CT molecular complexity index is 2420. The van der Waals surface area contributed by atoms with E-state index in [2.05, 4.69) is 196 Å². The number of allylic oxidation sites excluding steroid dienone is 30. The first-order valence-electron chi connectivity index (χ1n) is 42.5. The fraction of sp³-hybridized carbons (Fsp3) is 0.660. The summed E-state index contributed by atoms with van der Waals surface area (Å²) in [4.78, 5) is 36.1. The van der Waals surface area contributed by atoms with Crippen molar-refractivity contribution in [2.75, 3.05) is 47.5 Å². The average molecular weight is 1460 g/mol.